The highest BCUT2D eigenvalue weighted by Gasteiger charge is 2.16. The molecule has 0 heterocycles. The minimum atomic E-state index is -0.376. The number of hydrogen-bond acceptors (Lipinski definition) is 3. The largest absolute Gasteiger partial charge is 0.445 e. The first-order chi connectivity index (χ1) is 12.1. The molecule has 1 rings (SSSR count). The highest BCUT2D eigenvalue weighted by molar-refractivity contribution is 5.77. The van der Waals surface area contributed by atoms with E-state index in [4.69, 9.17) is 4.74 Å². The lowest BCUT2D eigenvalue weighted by Crippen LogP contribution is -2.39. The van der Waals surface area contributed by atoms with Crippen molar-refractivity contribution in [1.29, 1.82) is 0 Å². The van der Waals surface area contributed by atoms with Gasteiger partial charge in [-0.1, -0.05) is 45.9 Å². The monoisotopic (exact) mass is 362 g/mol. The molecule has 5 nitrogen and oxygen atoms in total. The molecule has 1 aromatic rings. The zero-order valence-electron chi connectivity index (χ0n) is 17.3. The van der Waals surface area contributed by atoms with Crippen molar-refractivity contribution < 1.29 is 14.3 Å². The molecule has 0 aromatic heterocycles. The van der Waals surface area contributed by atoms with Crippen LogP contribution in [-0.2, 0) is 22.6 Å². The van der Waals surface area contributed by atoms with Gasteiger partial charge in [-0.3, -0.25) is 4.79 Å². The third-order valence-corrected chi connectivity index (χ3v) is 4.35. The van der Waals surface area contributed by atoms with Crippen molar-refractivity contribution in [2.75, 3.05) is 27.2 Å². The number of benzene rings is 1. The molecule has 0 aliphatic rings. The first kappa shape index (κ1) is 22.0. The number of nitrogens with zero attached hydrogens (tertiary/aromatic N) is 2. The van der Waals surface area contributed by atoms with Gasteiger partial charge in [0.25, 0.3) is 0 Å². The fourth-order valence-electron chi connectivity index (χ4n) is 2.71. The number of ether oxygens (including phenoxy) is 1. The lowest BCUT2D eigenvalue weighted by Gasteiger charge is -2.23. The quantitative estimate of drug-likeness (QED) is 0.705. The zero-order valence-corrected chi connectivity index (χ0v) is 17.3. The van der Waals surface area contributed by atoms with Crippen LogP contribution >= 0.6 is 0 Å². The maximum absolute atomic E-state index is 12.1. The topological polar surface area (TPSA) is 49.9 Å². The van der Waals surface area contributed by atoms with Gasteiger partial charge in [0.2, 0.25) is 5.91 Å². The molecule has 5 heteroatoms. The van der Waals surface area contributed by atoms with Crippen LogP contribution in [0.4, 0.5) is 4.79 Å². The smallest absolute Gasteiger partial charge is 0.409 e. The Labute approximate surface area is 158 Å². The fourth-order valence-corrected chi connectivity index (χ4v) is 2.71. The number of carbonyl (C=O) groups excluding carboxylic acids is 2. The van der Waals surface area contributed by atoms with E-state index in [1.165, 1.54) is 16.0 Å². The first-order valence-corrected chi connectivity index (χ1v) is 9.33. The maximum atomic E-state index is 12.1. The van der Waals surface area contributed by atoms with Crippen molar-refractivity contribution in [2.24, 2.45) is 11.8 Å². The molecule has 1 aromatic carbocycles. The molecule has 0 atom stereocenters. The standard InChI is InChI=1S/C21H34N2O3/c1-15(2)12-19-9-8-18(13-17(19)5)14-26-21(25)23(7)11-10-22(6)20(24)16(3)4/h8-9,13,15-16H,10-12,14H2,1-7H3. The maximum Gasteiger partial charge on any atom is 0.409 e. The molecule has 2 amide bonds. The van der Waals surface area contributed by atoms with Crippen LogP contribution in [0.2, 0.25) is 0 Å². The average Bonchev–Trinajstić information content (AvgIpc) is 2.58. The van der Waals surface area contributed by atoms with Gasteiger partial charge in [-0.2, -0.15) is 0 Å². The van der Waals surface area contributed by atoms with Crippen LogP contribution in [0, 0.1) is 18.8 Å². The molecule has 146 valence electrons. The van der Waals surface area contributed by atoms with Crippen molar-refractivity contribution in [3.63, 3.8) is 0 Å². The summed E-state index contributed by atoms with van der Waals surface area (Å²) in [5.74, 6) is 0.648. The molecular weight excluding hydrogens is 328 g/mol. The van der Waals surface area contributed by atoms with Gasteiger partial charge in [0.1, 0.15) is 6.61 Å². The van der Waals surface area contributed by atoms with E-state index in [0.717, 1.165) is 12.0 Å². The van der Waals surface area contributed by atoms with Gasteiger partial charge < -0.3 is 14.5 Å². The van der Waals surface area contributed by atoms with Gasteiger partial charge in [-0.15, -0.1) is 0 Å². The molecule has 0 aliphatic carbocycles. The number of rotatable bonds is 8. The van der Waals surface area contributed by atoms with Crippen LogP contribution in [0.15, 0.2) is 18.2 Å². The minimum absolute atomic E-state index is 0.0424. The van der Waals surface area contributed by atoms with Crippen LogP contribution in [0.3, 0.4) is 0 Å². The van der Waals surface area contributed by atoms with Gasteiger partial charge in [0.15, 0.2) is 0 Å². The van der Waals surface area contributed by atoms with Crippen LogP contribution in [0.5, 0.6) is 0 Å². The molecule has 0 spiro atoms. The van der Waals surface area contributed by atoms with Crippen molar-refractivity contribution in [3.05, 3.63) is 34.9 Å². The number of carbonyl (C=O) groups is 2. The normalized spacial score (nSPS) is 11.0. The molecule has 0 fully saturated rings. The Morgan fingerprint density at radius 3 is 2.19 bits per heavy atom. The Morgan fingerprint density at radius 1 is 1.04 bits per heavy atom. The molecule has 26 heavy (non-hydrogen) atoms. The van der Waals surface area contributed by atoms with Gasteiger partial charge in [-0.05, 0) is 36.0 Å². The molecule has 0 N–H and O–H groups in total. The van der Waals surface area contributed by atoms with Crippen LogP contribution in [0.1, 0.15) is 44.4 Å². The third kappa shape index (κ3) is 7.06. The molecule has 0 aliphatic heterocycles. The Bertz CT molecular complexity index is 611. The van der Waals surface area contributed by atoms with Crippen LogP contribution < -0.4 is 0 Å². The minimum Gasteiger partial charge on any atom is -0.445 e. The van der Waals surface area contributed by atoms with Crippen LogP contribution in [-0.4, -0.2) is 49.0 Å². The number of aryl methyl sites for hydroxylation is 1. The number of hydrogen-bond donors (Lipinski definition) is 0. The highest BCUT2D eigenvalue weighted by Crippen LogP contribution is 2.16. The van der Waals surface area contributed by atoms with E-state index in [9.17, 15) is 9.59 Å². The third-order valence-electron chi connectivity index (χ3n) is 4.35. The van der Waals surface area contributed by atoms with E-state index in [2.05, 4.69) is 32.9 Å². The summed E-state index contributed by atoms with van der Waals surface area (Å²) in [7, 11) is 3.44. The summed E-state index contributed by atoms with van der Waals surface area (Å²) >= 11 is 0. The van der Waals surface area contributed by atoms with Gasteiger partial charge >= 0.3 is 6.09 Å². The molecular formula is C21H34N2O3. The Balaban J connectivity index is 2.48. The highest BCUT2D eigenvalue weighted by atomic mass is 16.6. The van der Waals surface area contributed by atoms with E-state index < -0.39 is 0 Å². The summed E-state index contributed by atoms with van der Waals surface area (Å²) in [5.41, 5.74) is 3.56. The van der Waals surface area contributed by atoms with Crippen molar-refractivity contribution >= 4 is 12.0 Å². The van der Waals surface area contributed by atoms with E-state index in [1.807, 2.05) is 19.9 Å². The lowest BCUT2D eigenvalue weighted by molar-refractivity contribution is -0.133. The number of likely N-dealkylation sites (N-methyl/N-ethyl adjacent to an activating group) is 2. The summed E-state index contributed by atoms with van der Waals surface area (Å²) < 4.78 is 5.39. The SMILES string of the molecule is Cc1cc(COC(=O)N(C)CCN(C)C(=O)C(C)C)ccc1CC(C)C. The van der Waals surface area contributed by atoms with Gasteiger partial charge in [0.05, 0.1) is 0 Å². The summed E-state index contributed by atoms with van der Waals surface area (Å²) in [6.45, 7) is 11.4. The summed E-state index contributed by atoms with van der Waals surface area (Å²) in [6, 6.07) is 6.22. The first-order valence-electron chi connectivity index (χ1n) is 9.33. The Hall–Kier alpha value is -2.04. The van der Waals surface area contributed by atoms with E-state index >= 15 is 0 Å². The van der Waals surface area contributed by atoms with Crippen molar-refractivity contribution in [3.8, 4) is 0 Å². The van der Waals surface area contributed by atoms with Crippen LogP contribution in [0.25, 0.3) is 0 Å². The Kier molecular flexibility index (Phi) is 8.62. The molecule has 0 radical (unpaired) electrons. The summed E-state index contributed by atoms with van der Waals surface area (Å²) in [6.07, 6.45) is 0.677. The van der Waals surface area contributed by atoms with Crippen molar-refractivity contribution in [1.82, 2.24) is 9.80 Å². The second-order valence-electron chi connectivity index (χ2n) is 7.75. The lowest BCUT2D eigenvalue weighted by atomic mass is 9.97. The van der Waals surface area contributed by atoms with Crippen molar-refractivity contribution in [2.45, 2.75) is 47.6 Å². The summed E-state index contributed by atoms with van der Waals surface area (Å²) in [5, 5.41) is 0. The molecule has 0 saturated carbocycles. The molecule has 0 bridgehead atoms. The summed E-state index contributed by atoms with van der Waals surface area (Å²) in [4.78, 5) is 27.1. The zero-order chi connectivity index (χ0) is 19.9. The fraction of sp³-hybridized carbons (Fsp3) is 0.619. The average molecular weight is 363 g/mol. The van der Waals surface area contributed by atoms with E-state index in [-0.39, 0.29) is 24.5 Å². The van der Waals surface area contributed by atoms with E-state index in [1.54, 1.807) is 19.0 Å². The molecule has 0 saturated heterocycles. The van der Waals surface area contributed by atoms with E-state index in [0.29, 0.717) is 19.0 Å². The van der Waals surface area contributed by atoms with Gasteiger partial charge in [-0.25, -0.2) is 4.79 Å². The second kappa shape index (κ2) is 10.2. The second-order valence-corrected chi connectivity index (χ2v) is 7.75. The Morgan fingerprint density at radius 2 is 1.65 bits per heavy atom. The number of amides is 2. The van der Waals surface area contributed by atoms with Gasteiger partial charge in [0, 0.05) is 33.1 Å². The predicted octanol–water partition coefficient (Wildman–Crippen LogP) is 3.88. The predicted molar refractivity (Wildman–Crippen MR) is 105 cm³/mol. The molecule has 0 unspecified atom stereocenters.